The van der Waals surface area contributed by atoms with Crippen LogP contribution in [0.5, 0.6) is 0 Å². The second-order valence-electron chi connectivity index (χ2n) is 4.48. The van der Waals surface area contributed by atoms with Gasteiger partial charge in [0.05, 0.1) is 32.0 Å². The van der Waals surface area contributed by atoms with E-state index in [-0.39, 0.29) is 25.1 Å². The number of nitrogens with one attached hydrogen (secondary N) is 1. The Kier molecular flexibility index (Phi) is 7.62. The van der Waals surface area contributed by atoms with E-state index in [1.165, 1.54) is 4.31 Å². The lowest BCUT2D eigenvalue weighted by atomic mass is 10.4. The third-order valence-electron chi connectivity index (χ3n) is 2.91. The molecule has 1 aliphatic rings. The molecule has 1 saturated heterocycles. The number of nitrogens with zero attached hydrogens (tertiary/aromatic N) is 1. The zero-order valence-electron chi connectivity index (χ0n) is 12.2. The SMILES string of the molecule is CCOC(=O)CCNC(=O)CCS(=O)(=O)N1CCOCC1. The van der Waals surface area contributed by atoms with E-state index in [1.807, 2.05) is 0 Å². The molecule has 1 N–H and O–H groups in total. The fraction of sp³-hybridized carbons (Fsp3) is 0.833. The molecule has 9 heteroatoms. The zero-order valence-corrected chi connectivity index (χ0v) is 13.0. The van der Waals surface area contributed by atoms with Crippen LogP contribution in [0.1, 0.15) is 19.8 Å². The summed E-state index contributed by atoms with van der Waals surface area (Å²) in [6.45, 7) is 3.56. The number of carbonyl (C=O) groups is 2. The molecule has 8 nitrogen and oxygen atoms in total. The van der Waals surface area contributed by atoms with Crippen molar-refractivity contribution in [2.75, 3.05) is 45.2 Å². The normalized spacial score (nSPS) is 16.4. The second kappa shape index (κ2) is 8.96. The van der Waals surface area contributed by atoms with Gasteiger partial charge < -0.3 is 14.8 Å². The number of carbonyl (C=O) groups excluding carboxylic acids is 2. The summed E-state index contributed by atoms with van der Waals surface area (Å²) in [6.07, 6.45) is -0.0433. The molecule has 0 unspecified atom stereocenters. The Labute approximate surface area is 124 Å². The van der Waals surface area contributed by atoms with Gasteiger partial charge in [-0.2, -0.15) is 4.31 Å². The van der Waals surface area contributed by atoms with Crippen LogP contribution in [-0.4, -0.2) is 69.8 Å². The molecule has 0 aromatic heterocycles. The molecule has 1 heterocycles. The van der Waals surface area contributed by atoms with Crippen molar-refractivity contribution in [3.63, 3.8) is 0 Å². The van der Waals surface area contributed by atoms with Gasteiger partial charge in [0.15, 0.2) is 0 Å². The van der Waals surface area contributed by atoms with Crippen molar-refractivity contribution in [1.29, 1.82) is 0 Å². The van der Waals surface area contributed by atoms with Gasteiger partial charge in [-0.05, 0) is 6.92 Å². The molecule has 21 heavy (non-hydrogen) atoms. The molecule has 0 aliphatic carbocycles. The van der Waals surface area contributed by atoms with Gasteiger partial charge in [-0.25, -0.2) is 8.42 Å². The van der Waals surface area contributed by atoms with E-state index < -0.39 is 21.9 Å². The topological polar surface area (TPSA) is 102 Å². The number of hydrogen-bond acceptors (Lipinski definition) is 6. The first kappa shape index (κ1) is 17.9. The molecule has 1 rings (SSSR count). The van der Waals surface area contributed by atoms with Crippen molar-refractivity contribution in [1.82, 2.24) is 9.62 Å². The van der Waals surface area contributed by atoms with Gasteiger partial charge in [0, 0.05) is 26.1 Å². The predicted octanol–water partition coefficient (Wildman–Crippen LogP) is -0.892. The van der Waals surface area contributed by atoms with Gasteiger partial charge in [0.2, 0.25) is 15.9 Å². The second-order valence-corrected chi connectivity index (χ2v) is 6.57. The maximum absolute atomic E-state index is 12.0. The maximum atomic E-state index is 12.0. The molecule has 0 radical (unpaired) electrons. The van der Waals surface area contributed by atoms with E-state index >= 15 is 0 Å². The van der Waals surface area contributed by atoms with Crippen molar-refractivity contribution in [2.45, 2.75) is 19.8 Å². The lowest BCUT2D eigenvalue weighted by Gasteiger charge is -2.25. The van der Waals surface area contributed by atoms with Crippen LogP contribution < -0.4 is 5.32 Å². The third-order valence-corrected chi connectivity index (χ3v) is 4.78. The lowest BCUT2D eigenvalue weighted by molar-refractivity contribution is -0.143. The van der Waals surface area contributed by atoms with Crippen LogP contribution in [0.15, 0.2) is 0 Å². The van der Waals surface area contributed by atoms with Crippen LogP contribution in [0.2, 0.25) is 0 Å². The Balaban J connectivity index is 2.24. The number of morpholine rings is 1. The summed E-state index contributed by atoms with van der Waals surface area (Å²) in [5.41, 5.74) is 0. The average Bonchev–Trinajstić information content (AvgIpc) is 2.46. The van der Waals surface area contributed by atoms with Crippen LogP contribution in [-0.2, 0) is 29.1 Å². The van der Waals surface area contributed by atoms with E-state index in [0.717, 1.165) is 0 Å². The van der Waals surface area contributed by atoms with E-state index in [9.17, 15) is 18.0 Å². The van der Waals surface area contributed by atoms with Gasteiger partial charge in [0.25, 0.3) is 0 Å². The quantitative estimate of drug-likeness (QED) is 0.582. The molecule has 1 amide bonds. The minimum atomic E-state index is -3.43. The monoisotopic (exact) mass is 322 g/mol. The summed E-state index contributed by atoms with van der Waals surface area (Å²) in [7, 11) is -3.43. The first-order chi connectivity index (χ1) is 9.95. The molecule has 0 spiro atoms. The van der Waals surface area contributed by atoms with Crippen molar-refractivity contribution in [3.8, 4) is 0 Å². The molecule has 0 bridgehead atoms. The summed E-state index contributed by atoms with van der Waals surface area (Å²) >= 11 is 0. The van der Waals surface area contributed by atoms with Gasteiger partial charge in [-0.1, -0.05) is 0 Å². The fourth-order valence-corrected chi connectivity index (χ4v) is 3.21. The Hall–Kier alpha value is -1.19. The molecule has 122 valence electrons. The predicted molar refractivity (Wildman–Crippen MR) is 75.1 cm³/mol. The highest BCUT2D eigenvalue weighted by Crippen LogP contribution is 2.06. The minimum absolute atomic E-state index is 0.0792. The number of ether oxygens (including phenoxy) is 2. The smallest absolute Gasteiger partial charge is 0.307 e. The molecule has 0 aromatic carbocycles. The average molecular weight is 322 g/mol. The largest absolute Gasteiger partial charge is 0.466 e. The number of amides is 1. The van der Waals surface area contributed by atoms with E-state index in [2.05, 4.69) is 5.32 Å². The number of sulfonamides is 1. The Bertz CT molecular complexity index is 445. The highest BCUT2D eigenvalue weighted by atomic mass is 32.2. The number of esters is 1. The van der Waals surface area contributed by atoms with Crippen LogP contribution in [0.25, 0.3) is 0 Å². The zero-order chi connectivity index (χ0) is 15.7. The number of rotatable bonds is 8. The molecule has 0 aromatic rings. The standard InChI is InChI=1S/C12H22N2O6S/c1-2-20-12(16)3-5-13-11(15)4-10-21(17,18)14-6-8-19-9-7-14/h2-10H2,1H3,(H,13,15). The van der Waals surface area contributed by atoms with Gasteiger partial charge >= 0.3 is 5.97 Å². The summed E-state index contributed by atoms with van der Waals surface area (Å²) in [5.74, 6) is -1.02. The summed E-state index contributed by atoms with van der Waals surface area (Å²) in [5, 5.41) is 2.50. The molecule has 1 aliphatic heterocycles. The van der Waals surface area contributed by atoms with Gasteiger partial charge in [-0.3, -0.25) is 9.59 Å². The maximum Gasteiger partial charge on any atom is 0.307 e. The molecule has 0 saturated carbocycles. The molecule has 1 fully saturated rings. The van der Waals surface area contributed by atoms with Crippen molar-refractivity contribution in [2.24, 2.45) is 0 Å². The van der Waals surface area contributed by atoms with Gasteiger partial charge in [-0.15, -0.1) is 0 Å². The summed E-state index contributed by atoms with van der Waals surface area (Å²) in [6, 6.07) is 0. The Morgan fingerprint density at radius 3 is 2.52 bits per heavy atom. The van der Waals surface area contributed by atoms with Crippen LogP contribution in [0, 0.1) is 0 Å². The van der Waals surface area contributed by atoms with Crippen LogP contribution in [0.3, 0.4) is 0 Å². The van der Waals surface area contributed by atoms with Crippen LogP contribution in [0.4, 0.5) is 0 Å². The summed E-state index contributed by atoms with van der Waals surface area (Å²) < 4.78 is 35.1. The van der Waals surface area contributed by atoms with Crippen molar-refractivity contribution in [3.05, 3.63) is 0 Å². The summed E-state index contributed by atoms with van der Waals surface area (Å²) in [4.78, 5) is 22.6. The van der Waals surface area contributed by atoms with E-state index in [4.69, 9.17) is 9.47 Å². The Morgan fingerprint density at radius 1 is 1.24 bits per heavy atom. The number of hydrogen-bond donors (Lipinski definition) is 1. The van der Waals surface area contributed by atoms with E-state index in [1.54, 1.807) is 6.92 Å². The van der Waals surface area contributed by atoms with Crippen molar-refractivity contribution < 1.29 is 27.5 Å². The molecule has 0 atom stereocenters. The molecular formula is C12H22N2O6S. The first-order valence-corrected chi connectivity index (χ1v) is 8.54. The minimum Gasteiger partial charge on any atom is -0.466 e. The third kappa shape index (κ3) is 6.87. The first-order valence-electron chi connectivity index (χ1n) is 6.93. The van der Waals surface area contributed by atoms with Crippen molar-refractivity contribution >= 4 is 21.9 Å². The lowest BCUT2D eigenvalue weighted by Crippen LogP contribution is -2.42. The van der Waals surface area contributed by atoms with E-state index in [0.29, 0.717) is 32.9 Å². The highest BCUT2D eigenvalue weighted by molar-refractivity contribution is 7.89. The fourth-order valence-electron chi connectivity index (χ4n) is 1.80. The van der Waals surface area contributed by atoms with Gasteiger partial charge in [0.1, 0.15) is 0 Å². The highest BCUT2D eigenvalue weighted by Gasteiger charge is 2.24. The molecular weight excluding hydrogens is 300 g/mol. The van der Waals surface area contributed by atoms with Crippen LogP contribution >= 0.6 is 0 Å². The Morgan fingerprint density at radius 2 is 1.90 bits per heavy atom.